The number of aliphatic hydroxyl groups excluding tert-OH is 1. The predicted octanol–water partition coefficient (Wildman–Crippen LogP) is 6.47. The lowest BCUT2D eigenvalue weighted by Crippen LogP contribution is -2.32. The van der Waals surface area contributed by atoms with Crippen LogP contribution in [0.4, 0.5) is 0 Å². The minimum atomic E-state index is -0.569. The van der Waals surface area contributed by atoms with Crippen molar-refractivity contribution in [2.24, 2.45) is 5.92 Å². The maximum atomic E-state index is 11.0. The Morgan fingerprint density at radius 3 is 2.11 bits per heavy atom. The zero-order valence-electron chi connectivity index (χ0n) is 21.1. The van der Waals surface area contributed by atoms with Crippen LogP contribution >= 0.6 is 0 Å². The summed E-state index contributed by atoms with van der Waals surface area (Å²) < 4.78 is 8.36. The Labute approximate surface area is 208 Å². The topological polar surface area (TPSA) is 50.5 Å². The van der Waals surface area contributed by atoms with Crippen LogP contribution in [0.5, 0.6) is 11.6 Å². The highest BCUT2D eigenvalue weighted by molar-refractivity contribution is 5.43. The van der Waals surface area contributed by atoms with Crippen molar-refractivity contribution < 1.29 is 9.84 Å². The number of aliphatic hydroxyl groups is 1. The van der Waals surface area contributed by atoms with Crippen molar-refractivity contribution in [2.45, 2.75) is 40.3 Å². The largest absolute Gasteiger partial charge is 0.439 e. The number of hydrogen-bond donors (Lipinski definition) is 1. The molecule has 1 heterocycles. The average molecular weight is 470 g/mol. The van der Waals surface area contributed by atoms with Crippen molar-refractivity contribution in [3.05, 3.63) is 107 Å². The molecule has 1 unspecified atom stereocenters. The lowest BCUT2D eigenvalue weighted by Gasteiger charge is -2.27. The van der Waals surface area contributed by atoms with Crippen LogP contribution in [0.3, 0.4) is 0 Å². The molecule has 0 spiro atoms. The van der Waals surface area contributed by atoms with E-state index in [0.717, 1.165) is 34.8 Å². The molecule has 182 valence electrons. The van der Waals surface area contributed by atoms with Gasteiger partial charge in [-0.25, -0.2) is 4.68 Å². The molecule has 0 bridgehead atoms. The molecule has 35 heavy (non-hydrogen) atoms. The first-order valence-electron chi connectivity index (χ1n) is 12.2. The summed E-state index contributed by atoms with van der Waals surface area (Å²) in [6.07, 6.45) is -0.569. The molecule has 4 aromatic rings. The monoisotopic (exact) mass is 469 g/mol. The summed E-state index contributed by atoms with van der Waals surface area (Å²) in [5.41, 5.74) is 5.00. The summed E-state index contributed by atoms with van der Waals surface area (Å²) in [4.78, 5) is 2.30. The molecule has 4 rings (SSSR count). The van der Waals surface area contributed by atoms with Crippen molar-refractivity contribution in [3.8, 4) is 17.3 Å². The Morgan fingerprint density at radius 2 is 1.49 bits per heavy atom. The second-order valence-electron chi connectivity index (χ2n) is 9.55. The number of para-hydroxylation sites is 1. The van der Waals surface area contributed by atoms with Gasteiger partial charge in [-0.3, -0.25) is 4.90 Å². The van der Waals surface area contributed by atoms with E-state index in [1.807, 2.05) is 96.5 Å². The van der Waals surface area contributed by atoms with E-state index in [0.29, 0.717) is 24.9 Å². The SMILES string of the molecule is Cc1ccc(Oc2c(CN(CC(C)C)CC(O)c3ccccc3)c(C)nn2-c2ccccc2)cc1. The molecule has 3 aromatic carbocycles. The summed E-state index contributed by atoms with van der Waals surface area (Å²) in [7, 11) is 0. The number of benzene rings is 3. The van der Waals surface area contributed by atoms with Crippen molar-refractivity contribution in [3.63, 3.8) is 0 Å². The fourth-order valence-corrected chi connectivity index (χ4v) is 4.26. The molecule has 1 N–H and O–H groups in total. The number of rotatable bonds is 10. The van der Waals surface area contributed by atoms with E-state index in [1.54, 1.807) is 0 Å². The highest BCUT2D eigenvalue weighted by atomic mass is 16.5. The van der Waals surface area contributed by atoms with Gasteiger partial charge in [0.25, 0.3) is 0 Å². The van der Waals surface area contributed by atoms with Crippen LogP contribution < -0.4 is 4.74 Å². The second-order valence-corrected chi connectivity index (χ2v) is 9.55. The number of ether oxygens (including phenoxy) is 1. The Kier molecular flexibility index (Phi) is 8.01. The third kappa shape index (κ3) is 6.38. The van der Waals surface area contributed by atoms with Crippen molar-refractivity contribution in [2.75, 3.05) is 13.1 Å². The Morgan fingerprint density at radius 1 is 0.857 bits per heavy atom. The standard InChI is InChI=1S/C30H35N3O2/c1-22(2)19-32(21-29(34)25-11-7-5-8-12-25)20-28-24(4)31-33(26-13-9-6-10-14-26)30(28)35-27-17-15-23(3)16-18-27/h5-18,22,29,34H,19-21H2,1-4H3. The van der Waals surface area contributed by atoms with Crippen LogP contribution in [0.2, 0.25) is 0 Å². The summed E-state index contributed by atoms with van der Waals surface area (Å²) in [6, 6.07) is 28.0. The first-order valence-corrected chi connectivity index (χ1v) is 12.2. The highest BCUT2D eigenvalue weighted by Crippen LogP contribution is 2.32. The van der Waals surface area contributed by atoms with E-state index >= 15 is 0 Å². The van der Waals surface area contributed by atoms with Crippen molar-refractivity contribution in [1.29, 1.82) is 0 Å². The van der Waals surface area contributed by atoms with Crippen molar-refractivity contribution >= 4 is 0 Å². The predicted molar refractivity (Wildman–Crippen MR) is 141 cm³/mol. The fraction of sp³-hybridized carbons (Fsp3) is 0.300. The van der Waals surface area contributed by atoms with E-state index in [4.69, 9.17) is 9.84 Å². The molecule has 1 aromatic heterocycles. The van der Waals surface area contributed by atoms with Gasteiger partial charge in [0.2, 0.25) is 5.88 Å². The van der Waals surface area contributed by atoms with Gasteiger partial charge in [0, 0.05) is 19.6 Å². The van der Waals surface area contributed by atoms with E-state index in [2.05, 4.69) is 25.7 Å². The molecule has 0 aliphatic carbocycles. The van der Waals surface area contributed by atoms with Crippen molar-refractivity contribution in [1.82, 2.24) is 14.7 Å². The fourth-order valence-electron chi connectivity index (χ4n) is 4.26. The van der Waals surface area contributed by atoms with Gasteiger partial charge in [-0.15, -0.1) is 0 Å². The van der Waals surface area contributed by atoms with Gasteiger partial charge in [-0.2, -0.15) is 5.10 Å². The van der Waals surface area contributed by atoms with Gasteiger partial charge in [-0.1, -0.05) is 80.1 Å². The molecule has 5 nitrogen and oxygen atoms in total. The Hall–Kier alpha value is -3.41. The van der Waals surface area contributed by atoms with Crippen LogP contribution in [-0.4, -0.2) is 32.9 Å². The molecule has 0 radical (unpaired) electrons. The molecule has 0 amide bonds. The molecule has 0 aliphatic rings. The third-order valence-corrected chi connectivity index (χ3v) is 5.99. The first kappa shape index (κ1) is 24.7. The highest BCUT2D eigenvalue weighted by Gasteiger charge is 2.23. The molecule has 1 atom stereocenters. The minimum Gasteiger partial charge on any atom is -0.439 e. The van der Waals surface area contributed by atoms with Crippen LogP contribution in [0.1, 0.15) is 42.3 Å². The zero-order chi connectivity index (χ0) is 24.8. The second kappa shape index (κ2) is 11.3. The van der Waals surface area contributed by atoms with Gasteiger partial charge in [0.15, 0.2) is 0 Å². The van der Waals surface area contributed by atoms with Gasteiger partial charge in [-0.05, 0) is 49.6 Å². The smallest absolute Gasteiger partial charge is 0.227 e. The molecule has 0 aliphatic heterocycles. The summed E-state index contributed by atoms with van der Waals surface area (Å²) in [5.74, 6) is 1.93. The van der Waals surface area contributed by atoms with Crippen LogP contribution in [-0.2, 0) is 6.54 Å². The average Bonchev–Trinajstić information content (AvgIpc) is 3.16. The Balaban J connectivity index is 1.69. The van der Waals surface area contributed by atoms with E-state index in [1.165, 1.54) is 5.56 Å². The Bertz CT molecular complexity index is 1200. The maximum absolute atomic E-state index is 11.0. The van der Waals surface area contributed by atoms with E-state index in [-0.39, 0.29) is 0 Å². The van der Waals surface area contributed by atoms with Crippen LogP contribution in [0.25, 0.3) is 5.69 Å². The summed E-state index contributed by atoms with van der Waals surface area (Å²) in [6.45, 7) is 10.5. The maximum Gasteiger partial charge on any atom is 0.227 e. The first-order chi connectivity index (χ1) is 16.9. The van der Waals surface area contributed by atoms with E-state index in [9.17, 15) is 5.11 Å². The third-order valence-electron chi connectivity index (χ3n) is 5.99. The van der Waals surface area contributed by atoms with Gasteiger partial charge >= 0.3 is 0 Å². The lowest BCUT2D eigenvalue weighted by molar-refractivity contribution is 0.101. The molecule has 5 heteroatoms. The zero-order valence-corrected chi connectivity index (χ0v) is 21.1. The van der Waals surface area contributed by atoms with Crippen LogP contribution in [0, 0.1) is 19.8 Å². The number of aromatic nitrogens is 2. The minimum absolute atomic E-state index is 0.448. The molecule has 0 fully saturated rings. The number of aryl methyl sites for hydroxylation is 2. The van der Waals surface area contributed by atoms with E-state index < -0.39 is 6.10 Å². The normalized spacial score (nSPS) is 12.3. The van der Waals surface area contributed by atoms with Gasteiger partial charge in [0.05, 0.1) is 23.0 Å². The molecular formula is C30H35N3O2. The molecular weight excluding hydrogens is 434 g/mol. The van der Waals surface area contributed by atoms with Crippen LogP contribution in [0.15, 0.2) is 84.9 Å². The lowest BCUT2D eigenvalue weighted by atomic mass is 10.1. The quantitative estimate of drug-likeness (QED) is 0.289. The van der Waals surface area contributed by atoms with Gasteiger partial charge in [0.1, 0.15) is 5.75 Å². The summed E-state index contributed by atoms with van der Waals surface area (Å²) in [5, 5.41) is 15.8. The molecule has 0 saturated heterocycles. The number of nitrogens with zero attached hydrogens (tertiary/aromatic N) is 3. The summed E-state index contributed by atoms with van der Waals surface area (Å²) >= 11 is 0. The van der Waals surface area contributed by atoms with Gasteiger partial charge < -0.3 is 9.84 Å². The molecule has 0 saturated carbocycles. The number of hydrogen-bond acceptors (Lipinski definition) is 4.